The molecule has 0 aromatic carbocycles. The average Bonchev–Trinajstić information content (AvgIpc) is 3.48. The van der Waals surface area contributed by atoms with E-state index in [4.69, 9.17) is 37.9 Å². The molecule has 4 aliphatic heterocycles. The zero-order chi connectivity index (χ0) is 31.4. The average molecular weight is 623 g/mol. The number of rotatable bonds is 8. The first-order valence-electron chi connectivity index (χ1n) is 16.3. The first kappa shape index (κ1) is 31.6. The van der Waals surface area contributed by atoms with Crippen molar-refractivity contribution in [2.75, 3.05) is 34.0 Å². The maximum absolute atomic E-state index is 12.2. The van der Waals surface area contributed by atoms with Crippen molar-refractivity contribution in [1.29, 1.82) is 0 Å². The van der Waals surface area contributed by atoms with Crippen LogP contribution in [0.25, 0.3) is 0 Å². The fourth-order valence-corrected chi connectivity index (χ4v) is 9.18. The van der Waals surface area contributed by atoms with Gasteiger partial charge in [0.1, 0.15) is 41.7 Å². The van der Waals surface area contributed by atoms with Gasteiger partial charge in [0, 0.05) is 19.6 Å². The van der Waals surface area contributed by atoms with Gasteiger partial charge in [-0.15, -0.1) is 0 Å². The second kappa shape index (κ2) is 10.8. The standard InChI is InChI=1S/C33H50O11/c1-16(2)18-8-10-30(4)12-20-19(9-11-32(20,36)15-38-7)17(3)24(34)26(23(18)30)41-28-25(35)27-33(22(40-28)13-37-6)43-29(42-27)31(5,44-33)21-14-39-21/h12,16-17,19,21-22,24-29,34-36H,8-11,13-15H2,1-7H3/t17-,19+,21+,22-,24-,25-,26-,27-,28-,29-,30-,31+,32+,33-/m1/s1. The molecule has 0 aromatic heterocycles. The molecular weight excluding hydrogens is 572 g/mol. The highest BCUT2D eigenvalue weighted by molar-refractivity contribution is 5.42. The molecule has 5 fully saturated rings. The van der Waals surface area contributed by atoms with Gasteiger partial charge in [0.15, 0.2) is 12.6 Å². The summed E-state index contributed by atoms with van der Waals surface area (Å²) in [5, 5.41) is 35.7. The van der Waals surface area contributed by atoms with E-state index in [0.717, 1.165) is 30.4 Å². The molecular formula is C33H50O11. The minimum atomic E-state index is -1.38. The summed E-state index contributed by atoms with van der Waals surface area (Å²) in [4.78, 5) is 0. The lowest BCUT2D eigenvalue weighted by atomic mass is 9.68. The maximum Gasteiger partial charge on any atom is 0.230 e. The Morgan fingerprint density at radius 2 is 1.82 bits per heavy atom. The highest BCUT2D eigenvalue weighted by atomic mass is 16.9. The lowest BCUT2D eigenvalue weighted by molar-refractivity contribution is -0.385. The SMILES string of the molecule is COC[C@H]1O[C@H](O[C@@H]2C3=C(C(C)C)CC[C@]3(C)C=C3[C@@H](CC[C@]3(O)COC)[C@@H](C)[C@H]2O)[C@H](O)[C@H]2O[C@@H]3O[C@]21O[C@@]3(C)[C@@H]1CO1. The minimum absolute atomic E-state index is 0.0440. The summed E-state index contributed by atoms with van der Waals surface area (Å²) in [7, 11) is 3.19. The van der Waals surface area contributed by atoms with Crippen molar-refractivity contribution in [2.45, 2.75) is 126 Å². The van der Waals surface area contributed by atoms with Crippen LogP contribution < -0.4 is 0 Å². The number of hydrogen-bond donors (Lipinski definition) is 3. The Kier molecular flexibility index (Phi) is 7.75. The van der Waals surface area contributed by atoms with Crippen LogP contribution in [0.15, 0.2) is 22.8 Å². The van der Waals surface area contributed by atoms with E-state index in [-0.39, 0.29) is 37.1 Å². The van der Waals surface area contributed by atoms with Crippen LogP contribution in [0.2, 0.25) is 0 Å². The molecule has 14 atom stereocenters. The first-order valence-corrected chi connectivity index (χ1v) is 16.3. The van der Waals surface area contributed by atoms with Gasteiger partial charge >= 0.3 is 0 Å². The number of aliphatic hydroxyl groups excluding tert-OH is 2. The molecule has 3 aliphatic carbocycles. The molecule has 1 spiro atoms. The van der Waals surface area contributed by atoms with E-state index in [9.17, 15) is 15.3 Å². The van der Waals surface area contributed by atoms with Gasteiger partial charge in [-0.3, -0.25) is 0 Å². The van der Waals surface area contributed by atoms with Crippen LogP contribution in [0.1, 0.15) is 60.3 Å². The zero-order valence-electron chi connectivity index (χ0n) is 27.0. The summed E-state index contributed by atoms with van der Waals surface area (Å²) in [6.45, 7) is 11.3. The number of allylic oxidation sites excluding steroid dienone is 2. The molecule has 44 heavy (non-hydrogen) atoms. The molecule has 7 rings (SSSR count). The molecule has 0 amide bonds. The van der Waals surface area contributed by atoms with Gasteiger partial charge in [0.2, 0.25) is 5.79 Å². The summed E-state index contributed by atoms with van der Waals surface area (Å²) in [6.07, 6.45) is -1.41. The van der Waals surface area contributed by atoms with Crippen LogP contribution in [-0.4, -0.2) is 116 Å². The molecule has 0 aromatic rings. The lowest BCUT2D eigenvalue weighted by Gasteiger charge is -2.50. The van der Waals surface area contributed by atoms with E-state index in [1.807, 2.05) is 13.8 Å². The number of hydrogen-bond acceptors (Lipinski definition) is 11. The van der Waals surface area contributed by atoms with Gasteiger partial charge in [-0.05, 0) is 61.5 Å². The first-order chi connectivity index (χ1) is 20.8. The summed E-state index contributed by atoms with van der Waals surface area (Å²) in [5.41, 5.74) is 0.814. The zero-order valence-corrected chi connectivity index (χ0v) is 27.0. The highest BCUT2D eigenvalue weighted by Gasteiger charge is 2.77. The molecule has 4 heterocycles. The monoisotopic (exact) mass is 622 g/mol. The fraction of sp³-hybridized carbons (Fsp3) is 0.879. The normalized spacial score (nSPS) is 52.9. The molecule has 0 radical (unpaired) electrons. The topological polar surface area (TPSA) is 138 Å². The number of aliphatic hydroxyl groups is 3. The lowest BCUT2D eigenvalue weighted by Crippen LogP contribution is -2.70. The third-order valence-electron chi connectivity index (χ3n) is 11.7. The molecule has 1 saturated carbocycles. The molecule has 3 N–H and O–H groups in total. The van der Waals surface area contributed by atoms with Gasteiger partial charge in [-0.1, -0.05) is 39.3 Å². The number of fused-ring (bicyclic) bond motifs is 3. The number of epoxide rings is 1. The smallest absolute Gasteiger partial charge is 0.230 e. The summed E-state index contributed by atoms with van der Waals surface area (Å²) in [6, 6.07) is 0. The molecule has 2 bridgehead atoms. The van der Waals surface area contributed by atoms with Crippen LogP contribution in [-0.2, 0) is 37.9 Å². The van der Waals surface area contributed by atoms with Crippen LogP contribution in [0.4, 0.5) is 0 Å². The highest BCUT2D eigenvalue weighted by Crippen LogP contribution is 2.59. The fourth-order valence-electron chi connectivity index (χ4n) is 9.18. The van der Waals surface area contributed by atoms with E-state index < -0.39 is 65.5 Å². The predicted octanol–water partition coefficient (Wildman–Crippen LogP) is 2.21. The Bertz CT molecular complexity index is 1200. The maximum atomic E-state index is 12.2. The second-order valence-corrected chi connectivity index (χ2v) is 14.9. The van der Waals surface area contributed by atoms with Crippen molar-refractivity contribution < 1.29 is 53.2 Å². The second-order valence-electron chi connectivity index (χ2n) is 14.9. The largest absolute Gasteiger partial charge is 0.390 e. The van der Waals surface area contributed by atoms with Gasteiger partial charge in [0.25, 0.3) is 0 Å². The third-order valence-corrected chi connectivity index (χ3v) is 11.7. The molecule has 0 unspecified atom stereocenters. The van der Waals surface area contributed by atoms with E-state index in [1.165, 1.54) is 5.57 Å². The minimum Gasteiger partial charge on any atom is -0.390 e. The van der Waals surface area contributed by atoms with Crippen LogP contribution >= 0.6 is 0 Å². The predicted molar refractivity (Wildman–Crippen MR) is 155 cm³/mol. The number of ether oxygens (including phenoxy) is 8. The van der Waals surface area contributed by atoms with Gasteiger partial charge in [-0.2, -0.15) is 0 Å². The van der Waals surface area contributed by atoms with E-state index in [2.05, 4.69) is 26.8 Å². The van der Waals surface area contributed by atoms with Crippen LogP contribution in [0, 0.1) is 23.2 Å². The van der Waals surface area contributed by atoms with Crippen molar-refractivity contribution in [3.63, 3.8) is 0 Å². The van der Waals surface area contributed by atoms with Gasteiger partial charge < -0.3 is 53.2 Å². The molecule has 4 saturated heterocycles. The van der Waals surface area contributed by atoms with Crippen molar-refractivity contribution in [3.05, 3.63) is 22.8 Å². The molecule has 248 valence electrons. The Labute approximate surface area is 259 Å². The molecule has 11 nitrogen and oxygen atoms in total. The van der Waals surface area contributed by atoms with Gasteiger partial charge in [-0.25, -0.2) is 0 Å². The van der Waals surface area contributed by atoms with Crippen molar-refractivity contribution in [2.24, 2.45) is 23.2 Å². The van der Waals surface area contributed by atoms with Crippen molar-refractivity contribution in [1.82, 2.24) is 0 Å². The summed E-state index contributed by atoms with van der Waals surface area (Å²) < 4.78 is 49.0. The Morgan fingerprint density at radius 3 is 2.48 bits per heavy atom. The van der Waals surface area contributed by atoms with Crippen LogP contribution in [0.5, 0.6) is 0 Å². The van der Waals surface area contributed by atoms with Gasteiger partial charge in [0.05, 0.1) is 25.9 Å². The Morgan fingerprint density at radius 1 is 1.07 bits per heavy atom. The van der Waals surface area contributed by atoms with Crippen molar-refractivity contribution in [3.8, 4) is 0 Å². The van der Waals surface area contributed by atoms with Crippen LogP contribution in [0.3, 0.4) is 0 Å². The van der Waals surface area contributed by atoms with E-state index in [1.54, 1.807) is 14.2 Å². The molecule has 11 heteroatoms. The Hall–Kier alpha value is -0.960. The quantitative estimate of drug-likeness (QED) is 0.271. The third kappa shape index (κ3) is 4.49. The summed E-state index contributed by atoms with van der Waals surface area (Å²) >= 11 is 0. The number of methoxy groups -OCH3 is 2. The van der Waals surface area contributed by atoms with E-state index >= 15 is 0 Å². The summed E-state index contributed by atoms with van der Waals surface area (Å²) in [5.74, 6) is -1.45. The van der Waals surface area contributed by atoms with E-state index in [0.29, 0.717) is 13.0 Å². The molecule has 7 aliphatic rings. The van der Waals surface area contributed by atoms with Crippen molar-refractivity contribution >= 4 is 0 Å². The Balaban J connectivity index is 1.25.